The van der Waals surface area contributed by atoms with E-state index in [2.05, 4.69) is 10.6 Å². The van der Waals surface area contributed by atoms with Crippen LogP contribution in [0.1, 0.15) is 30.9 Å². The predicted molar refractivity (Wildman–Crippen MR) is 87.6 cm³/mol. The molecule has 0 saturated heterocycles. The lowest BCUT2D eigenvalue weighted by Gasteiger charge is -2.36. The zero-order valence-electron chi connectivity index (χ0n) is 13.8. The number of aryl methyl sites for hydroxylation is 1. The van der Waals surface area contributed by atoms with Crippen molar-refractivity contribution < 1.29 is 19.5 Å². The van der Waals surface area contributed by atoms with Crippen LogP contribution >= 0.6 is 0 Å². The van der Waals surface area contributed by atoms with E-state index in [0.29, 0.717) is 12.1 Å². The van der Waals surface area contributed by atoms with Crippen molar-refractivity contribution in [2.75, 3.05) is 11.9 Å². The molecule has 2 aliphatic rings. The summed E-state index contributed by atoms with van der Waals surface area (Å²) in [6, 6.07) is 5.05. The maximum Gasteiger partial charge on any atom is 0.351 e. The van der Waals surface area contributed by atoms with E-state index in [9.17, 15) is 19.5 Å². The van der Waals surface area contributed by atoms with Gasteiger partial charge in [-0.05, 0) is 37.9 Å². The Bertz CT molecular complexity index is 718. The van der Waals surface area contributed by atoms with Crippen molar-refractivity contribution in [3.05, 3.63) is 29.3 Å². The molecule has 2 atom stereocenters. The van der Waals surface area contributed by atoms with Gasteiger partial charge in [-0.25, -0.2) is 4.79 Å². The Morgan fingerprint density at radius 2 is 2.00 bits per heavy atom. The molecular weight excluding hydrogens is 310 g/mol. The zero-order chi connectivity index (χ0) is 17.5. The lowest BCUT2D eigenvalue weighted by Crippen LogP contribution is -2.68. The molecule has 3 N–H and O–H groups in total. The molecule has 24 heavy (non-hydrogen) atoms. The second kappa shape index (κ2) is 5.90. The van der Waals surface area contributed by atoms with Crippen LogP contribution in [-0.4, -0.2) is 41.6 Å². The fourth-order valence-corrected chi connectivity index (χ4v) is 3.47. The monoisotopic (exact) mass is 331 g/mol. The Balaban J connectivity index is 2.11. The summed E-state index contributed by atoms with van der Waals surface area (Å²) in [5, 5.41) is 15.3. The van der Waals surface area contributed by atoms with Gasteiger partial charge in [0.05, 0.1) is 11.7 Å². The summed E-state index contributed by atoms with van der Waals surface area (Å²) in [5.74, 6) is -1.94. The predicted octanol–water partition coefficient (Wildman–Crippen LogP) is 0.417. The highest BCUT2D eigenvalue weighted by molar-refractivity contribution is 6.07. The summed E-state index contributed by atoms with van der Waals surface area (Å²) in [5.41, 5.74) is 0.627. The summed E-state index contributed by atoms with van der Waals surface area (Å²) >= 11 is 0. The Kier molecular flexibility index (Phi) is 4.04. The number of anilines is 1. The molecular formula is C17H21N3O4. The van der Waals surface area contributed by atoms with Crippen LogP contribution in [0, 0.1) is 0 Å². The molecule has 1 unspecified atom stereocenters. The number of benzene rings is 1. The molecule has 128 valence electrons. The highest BCUT2D eigenvalue weighted by Crippen LogP contribution is 2.43. The number of para-hydroxylation sites is 1. The first-order valence-electron chi connectivity index (χ1n) is 8.07. The fourth-order valence-electron chi connectivity index (χ4n) is 3.47. The van der Waals surface area contributed by atoms with E-state index in [1.54, 1.807) is 14.0 Å². The van der Waals surface area contributed by atoms with Crippen molar-refractivity contribution in [3.8, 4) is 0 Å². The normalized spacial score (nSPS) is 23.4. The van der Waals surface area contributed by atoms with Crippen LogP contribution in [0.25, 0.3) is 0 Å². The molecule has 7 heteroatoms. The van der Waals surface area contributed by atoms with Crippen molar-refractivity contribution in [3.63, 3.8) is 0 Å². The number of hydrogen-bond acceptors (Lipinski definition) is 4. The van der Waals surface area contributed by atoms with Crippen molar-refractivity contribution in [1.82, 2.24) is 10.6 Å². The van der Waals surface area contributed by atoms with E-state index in [1.807, 2.05) is 18.2 Å². The van der Waals surface area contributed by atoms with E-state index in [4.69, 9.17) is 0 Å². The van der Waals surface area contributed by atoms with Crippen molar-refractivity contribution in [1.29, 1.82) is 0 Å². The van der Waals surface area contributed by atoms with Crippen LogP contribution in [0.3, 0.4) is 0 Å². The standard InChI is InChI=1S/C17H21N3O4/c1-10(18-2)15(22)19-17(16(23)24)9-12-7-3-5-11-6-4-8-13(21)20(17)14(11)12/h3,5,7,10,18H,4,6,8-9H2,1-2H3,(H,19,22)(H,23,24)/t10?,17-/m0/s1. The van der Waals surface area contributed by atoms with Gasteiger partial charge in [-0.3, -0.25) is 14.5 Å². The fraction of sp³-hybridized carbons (Fsp3) is 0.471. The molecule has 0 aliphatic carbocycles. The highest BCUT2D eigenvalue weighted by atomic mass is 16.4. The van der Waals surface area contributed by atoms with Gasteiger partial charge in [-0.1, -0.05) is 18.2 Å². The topological polar surface area (TPSA) is 98.7 Å². The van der Waals surface area contributed by atoms with Crippen molar-refractivity contribution in [2.45, 2.75) is 44.3 Å². The van der Waals surface area contributed by atoms with Gasteiger partial charge in [0, 0.05) is 12.8 Å². The Morgan fingerprint density at radius 3 is 2.67 bits per heavy atom. The third-order valence-corrected chi connectivity index (χ3v) is 4.85. The average Bonchev–Trinajstić information content (AvgIpc) is 2.79. The lowest BCUT2D eigenvalue weighted by atomic mass is 10.00. The number of rotatable bonds is 4. The van der Waals surface area contributed by atoms with Crippen molar-refractivity contribution in [2.24, 2.45) is 0 Å². The first kappa shape index (κ1) is 16.4. The van der Waals surface area contributed by atoms with E-state index >= 15 is 0 Å². The molecule has 3 rings (SSSR count). The quantitative estimate of drug-likeness (QED) is 0.742. The minimum Gasteiger partial charge on any atom is -0.478 e. The van der Waals surface area contributed by atoms with E-state index in [0.717, 1.165) is 17.5 Å². The molecule has 2 heterocycles. The second-order valence-electron chi connectivity index (χ2n) is 6.35. The largest absolute Gasteiger partial charge is 0.478 e. The number of aliphatic carboxylic acids is 1. The molecule has 7 nitrogen and oxygen atoms in total. The van der Waals surface area contributed by atoms with Crippen LogP contribution in [-0.2, 0) is 27.2 Å². The summed E-state index contributed by atoms with van der Waals surface area (Å²) in [4.78, 5) is 38.5. The molecule has 2 amide bonds. The number of carboxylic acid groups (broad SMARTS) is 1. The Morgan fingerprint density at radius 1 is 1.29 bits per heavy atom. The summed E-state index contributed by atoms with van der Waals surface area (Å²) < 4.78 is 0. The number of likely N-dealkylation sites (N-methyl/N-ethyl adjacent to an activating group) is 1. The number of amides is 2. The Labute approximate surface area is 140 Å². The van der Waals surface area contributed by atoms with Gasteiger partial charge < -0.3 is 15.7 Å². The van der Waals surface area contributed by atoms with Crippen LogP contribution in [0.4, 0.5) is 5.69 Å². The summed E-state index contributed by atoms with van der Waals surface area (Å²) in [7, 11) is 1.62. The first-order chi connectivity index (χ1) is 11.4. The number of carbonyl (C=O) groups excluding carboxylic acids is 2. The molecule has 1 aromatic carbocycles. The average molecular weight is 331 g/mol. The Hall–Kier alpha value is -2.41. The minimum absolute atomic E-state index is 0.0689. The number of nitrogens with zero attached hydrogens (tertiary/aromatic N) is 1. The molecule has 0 fully saturated rings. The molecule has 1 aromatic rings. The third-order valence-electron chi connectivity index (χ3n) is 4.85. The SMILES string of the molecule is CNC(C)C(=O)N[C@@]1(C(=O)O)Cc2cccc3c2N1C(=O)CCC3. The summed E-state index contributed by atoms with van der Waals surface area (Å²) in [6.07, 6.45) is 1.73. The van der Waals surface area contributed by atoms with Gasteiger partial charge in [0.15, 0.2) is 0 Å². The highest BCUT2D eigenvalue weighted by Gasteiger charge is 2.55. The number of nitrogens with one attached hydrogen (secondary N) is 2. The molecule has 0 bridgehead atoms. The molecule has 0 spiro atoms. The van der Waals surface area contributed by atoms with Gasteiger partial charge in [0.25, 0.3) is 0 Å². The molecule has 0 aromatic heterocycles. The van der Waals surface area contributed by atoms with E-state index in [-0.39, 0.29) is 18.7 Å². The third kappa shape index (κ3) is 2.36. The maximum absolute atomic E-state index is 12.7. The number of hydrogen-bond donors (Lipinski definition) is 3. The van der Waals surface area contributed by atoms with Gasteiger partial charge in [-0.15, -0.1) is 0 Å². The van der Waals surface area contributed by atoms with E-state index < -0.39 is 23.6 Å². The maximum atomic E-state index is 12.7. The van der Waals surface area contributed by atoms with Crippen molar-refractivity contribution >= 4 is 23.5 Å². The minimum atomic E-state index is -1.76. The second-order valence-corrected chi connectivity index (χ2v) is 6.35. The van der Waals surface area contributed by atoms with Gasteiger partial charge in [0.1, 0.15) is 0 Å². The van der Waals surface area contributed by atoms with Gasteiger partial charge in [-0.2, -0.15) is 0 Å². The van der Waals surface area contributed by atoms with Crippen LogP contribution in [0.5, 0.6) is 0 Å². The number of carboxylic acids is 1. The molecule has 0 saturated carbocycles. The van der Waals surface area contributed by atoms with Gasteiger partial charge in [0.2, 0.25) is 17.5 Å². The summed E-state index contributed by atoms with van der Waals surface area (Å²) in [6.45, 7) is 1.64. The molecule has 0 radical (unpaired) electrons. The first-order valence-corrected chi connectivity index (χ1v) is 8.07. The van der Waals surface area contributed by atoms with Crippen LogP contribution in [0.15, 0.2) is 18.2 Å². The van der Waals surface area contributed by atoms with Crippen LogP contribution in [0.2, 0.25) is 0 Å². The van der Waals surface area contributed by atoms with Gasteiger partial charge >= 0.3 is 5.97 Å². The lowest BCUT2D eigenvalue weighted by molar-refractivity contribution is -0.149. The zero-order valence-corrected chi connectivity index (χ0v) is 13.8. The van der Waals surface area contributed by atoms with E-state index in [1.165, 1.54) is 4.90 Å². The van der Waals surface area contributed by atoms with Crippen LogP contribution < -0.4 is 15.5 Å². The smallest absolute Gasteiger partial charge is 0.351 e. The molecule has 2 aliphatic heterocycles. The number of carbonyl (C=O) groups is 3.